The number of rotatable bonds is 2. The summed E-state index contributed by atoms with van der Waals surface area (Å²) in [5, 5.41) is 0. The van der Waals surface area contributed by atoms with Gasteiger partial charge in [-0.1, -0.05) is 66.8 Å². The molecule has 2 heteroatoms. The van der Waals surface area contributed by atoms with Crippen LogP contribution in [0.3, 0.4) is 0 Å². The zero-order chi connectivity index (χ0) is 14.9. The zero-order valence-electron chi connectivity index (χ0n) is 12.6. The molecular weight excluding hydrogens is 286 g/mol. The summed E-state index contributed by atoms with van der Waals surface area (Å²) in [6, 6.07) is 19.2. The Kier molecular flexibility index (Phi) is 3.55. The molecule has 0 amide bonds. The van der Waals surface area contributed by atoms with Crippen LogP contribution in [0.25, 0.3) is 11.3 Å². The summed E-state index contributed by atoms with van der Waals surface area (Å²) in [6.45, 7) is 2.28. The minimum absolute atomic E-state index is 1.00. The van der Waals surface area contributed by atoms with Crippen molar-refractivity contribution >= 4 is 28.4 Å². The summed E-state index contributed by atoms with van der Waals surface area (Å²) >= 11 is 5.84. The van der Waals surface area contributed by atoms with Crippen LogP contribution < -0.4 is 0 Å². The molecule has 1 nitrogen and oxygen atoms in total. The third kappa shape index (κ3) is 2.19. The van der Waals surface area contributed by atoms with Gasteiger partial charge in [-0.05, 0) is 24.8 Å². The van der Waals surface area contributed by atoms with Crippen molar-refractivity contribution in [3.8, 4) is 0 Å². The van der Waals surface area contributed by atoms with Crippen LogP contribution in [0.15, 0.2) is 54.6 Å². The molecule has 0 atom stereocenters. The summed E-state index contributed by atoms with van der Waals surface area (Å²) in [4.78, 5) is 3.55. The van der Waals surface area contributed by atoms with E-state index in [1.165, 1.54) is 47.2 Å². The van der Waals surface area contributed by atoms with E-state index < -0.39 is 0 Å². The fraction of sp³-hybridized carbons (Fsp3) is 0.250. The van der Waals surface area contributed by atoms with Crippen molar-refractivity contribution in [2.75, 3.05) is 13.1 Å². The number of benzene rings is 2. The number of fused-ring (bicyclic) bond motifs is 1. The summed E-state index contributed by atoms with van der Waals surface area (Å²) < 4.78 is 0. The second-order valence-corrected chi connectivity index (χ2v) is 6.42. The average Bonchev–Trinajstić information content (AvgIpc) is 2.90. The molecular formula is C20H19NS. The molecule has 110 valence electrons. The van der Waals surface area contributed by atoms with Gasteiger partial charge in [0.25, 0.3) is 0 Å². The van der Waals surface area contributed by atoms with E-state index in [4.69, 9.17) is 12.2 Å². The number of thiocarbonyl (C=S) groups is 1. The molecule has 0 aromatic heterocycles. The largest absolute Gasteiger partial charge is 0.370 e. The lowest BCUT2D eigenvalue weighted by Crippen LogP contribution is -2.28. The normalized spacial score (nSPS) is 17.8. The molecule has 1 heterocycles. The van der Waals surface area contributed by atoms with Gasteiger partial charge in [-0.3, -0.25) is 0 Å². The zero-order valence-corrected chi connectivity index (χ0v) is 13.4. The molecule has 1 saturated heterocycles. The van der Waals surface area contributed by atoms with Crippen molar-refractivity contribution in [1.29, 1.82) is 0 Å². The Hall–Kier alpha value is -1.93. The van der Waals surface area contributed by atoms with Crippen molar-refractivity contribution in [3.63, 3.8) is 0 Å². The van der Waals surface area contributed by atoms with E-state index in [1.807, 2.05) is 0 Å². The molecule has 0 unspecified atom stereocenters. The van der Waals surface area contributed by atoms with Gasteiger partial charge in [0, 0.05) is 29.8 Å². The Morgan fingerprint density at radius 2 is 1.36 bits per heavy atom. The highest BCUT2D eigenvalue weighted by atomic mass is 32.1. The number of likely N-dealkylation sites (tertiary alicyclic amines) is 1. The van der Waals surface area contributed by atoms with E-state index in [-0.39, 0.29) is 0 Å². The lowest BCUT2D eigenvalue weighted by molar-refractivity contribution is 0.327. The molecule has 22 heavy (non-hydrogen) atoms. The first kappa shape index (κ1) is 13.7. The van der Waals surface area contributed by atoms with Crippen LogP contribution in [0.1, 0.15) is 36.0 Å². The third-order valence-electron chi connectivity index (χ3n) is 4.63. The highest BCUT2D eigenvalue weighted by Gasteiger charge is 2.30. The van der Waals surface area contributed by atoms with Crippen molar-refractivity contribution < 1.29 is 0 Å². The second kappa shape index (κ2) is 5.69. The Labute approximate surface area is 137 Å². The molecule has 0 bridgehead atoms. The van der Waals surface area contributed by atoms with Crippen LogP contribution >= 0.6 is 12.2 Å². The quantitative estimate of drug-likeness (QED) is 0.735. The standard InChI is InChI=1S/C20H19NS/c22-20-17-12-6-5-11-16(17)19(21-13-7-2-8-14-21)18(20)15-9-3-1-4-10-15/h1,3-6,9-12H,2,7-8,13-14H2. The van der Waals surface area contributed by atoms with Crippen molar-refractivity contribution in [3.05, 3.63) is 71.3 Å². The molecule has 0 N–H and O–H groups in total. The van der Waals surface area contributed by atoms with Gasteiger partial charge in [0.15, 0.2) is 0 Å². The molecule has 0 saturated carbocycles. The molecule has 2 aromatic carbocycles. The highest BCUT2D eigenvalue weighted by Crippen LogP contribution is 2.41. The van der Waals surface area contributed by atoms with Gasteiger partial charge in [0.2, 0.25) is 0 Å². The Morgan fingerprint density at radius 3 is 2.09 bits per heavy atom. The first-order valence-electron chi connectivity index (χ1n) is 8.05. The van der Waals surface area contributed by atoms with Gasteiger partial charge >= 0.3 is 0 Å². The highest BCUT2D eigenvalue weighted by molar-refractivity contribution is 7.82. The summed E-state index contributed by atoms with van der Waals surface area (Å²) in [7, 11) is 0. The molecule has 1 fully saturated rings. The van der Waals surface area contributed by atoms with Gasteiger partial charge in [0.05, 0.1) is 10.6 Å². The van der Waals surface area contributed by atoms with E-state index in [0.717, 1.165) is 18.0 Å². The van der Waals surface area contributed by atoms with Gasteiger partial charge in [-0.2, -0.15) is 0 Å². The number of hydrogen-bond acceptors (Lipinski definition) is 2. The van der Waals surface area contributed by atoms with Gasteiger partial charge in [-0.15, -0.1) is 0 Å². The maximum absolute atomic E-state index is 5.84. The molecule has 4 rings (SSSR count). The molecule has 1 aliphatic heterocycles. The van der Waals surface area contributed by atoms with Crippen LogP contribution in [-0.2, 0) is 0 Å². The number of piperidine rings is 1. The molecule has 0 spiro atoms. The number of allylic oxidation sites excluding steroid dienone is 1. The summed E-state index contributed by atoms with van der Waals surface area (Å²) in [5.74, 6) is 0. The molecule has 0 radical (unpaired) electrons. The predicted octanol–water partition coefficient (Wildman–Crippen LogP) is 4.77. The number of hydrogen-bond donors (Lipinski definition) is 0. The average molecular weight is 305 g/mol. The van der Waals surface area contributed by atoms with Crippen LogP contribution in [0.4, 0.5) is 0 Å². The predicted molar refractivity (Wildman–Crippen MR) is 96.8 cm³/mol. The first-order valence-corrected chi connectivity index (χ1v) is 8.46. The Morgan fingerprint density at radius 1 is 0.727 bits per heavy atom. The Balaban J connectivity index is 1.91. The van der Waals surface area contributed by atoms with Crippen molar-refractivity contribution in [2.45, 2.75) is 19.3 Å². The lowest BCUT2D eigenvalue weighted by Gasteiger charge is -2.31. The van der Waals surface area contributed by atoms with Crippen molar-refractivity contribution in [1.82, 2.24) is 4.90 Å². The van der Waals surface area contributed by atoms with E-state index in [1.54, 1.807) is 0 Å². The van der Waals surface area contributed by atoms with Gasteiger partial charge in [-0.25, -0.2) is 0 Å². The fourth-order valence-corrected chi connectivity index (χ4v) is 3.98. The van der Waals surface area contributed by atoms with E-state index in [9.17, 15) is 0 Å². The van der Waals surface area contributed by atoms with Crippen LogP contribution in [-0.4, -0.2) is 22.9 Å². The maximum Gasteiger partial charge on any atom is 0.0555 e. The maximum atomic E-state index is 5.84. The fourth-order valence-electron chi connectivity index (χ4n) is 3.58. The Bertz CT molecular complexity index is 739. The first-order chi connectivity index (χ1) is 10.9. The van der Waals surface area contributed by atoms with Crippen molar-refractivity contribution in [2.24, 2.45) is 0 Å². The van der Waals surface area contributed by atoms with E-state index >= 15 is 0 Å². The van der Waals surface area contributed by atoms with Gasteiger partial charge in [0.1, 0.15) is 0 Å². The molecule has 1 aliphatic carbocycles. The van der Waals surface area contributed by atoms with Crippen LogP contribution in [0.2, 0.25) is 0 Å². The SMILES string of the molecule is S=C1C(c2ccccc2)=C(N2CCCCC2)c2ccccc21. The second-order valence-electron chi connectivity index (χ2n) is 6.01. The lowest BCUT2D eigenvalue weighted by atomic mass is 10.0. The third-order valence-corrected chi connectivity index (χ3v) is 5.05. The smallest absolute Gasteiger partial charge is 0.0555 e. The van der Waals surface area contributed by atoms with E-state index in [2.05, 4.69) is 59.5 Å². The molecule has 2 aromatic rings. The minimum Gasteiger partial charge on any atom is -0.370 e. The topological polar surface area (TPSA) is 3.24 Å². The number of nitrogens with zero attached hydrogens (tertiary/aromatic N) is 1. The van der Waals surface area contributed by atoms with E-state index in [0.29, 0.717) is 0 Å². The summed E-state index contributed by atoms with van der Waals surface area (Å²) in [6.07, 6.45) is 3.90. The van der Waals surface area contributed by atoms with Crippen LogP contribution in [0.5, 0.6) is 0 Å². The van der Waals surface area contributed by atoms with Crippen LogP contribution in [0, 0.1) is 0 Å². The summed E-state index contributed by atoms with van der Waals surface area (Å²) in [5.41, 5.74) is 6.37. The monoisotopic (exact) mass is 305 g/mol. The van der Waals surface area contributed by atoms with Gasteiger partial charge < -0.3 is 4.90 Å². The molecule has 2 aliphatic rings. The minimum atomic E-state index is 1.00.